The zero-order chi connectivity index (χ0) is 13.9. The Morgan fingerprint density at radius 3 is 2.11 bits per heavy atom. The van der Waals surface area contributed by atoms with Gasteiger partial charge in [-0.25, -0.2) is 8.42 Å². The van der Waals surface area contributed by atoms with Crippen molar-refractivity contribution in [3.63, 3.8) is 0 Å². The molecular weight excluding hydrogens is 280 g/mol. The molecule has 0 aliphatic carbocycles. The molecule has 0 fully saturated rings. The molecule has 0 atom stereocenters. The van der Waals surface area contributed by atoms with E-state index in [1.54, 1.807) is 24.3 Å². The van der Waals surface area contributed by atoms with Gasteiger partial charge in [-0.2, -0.15) is 0 Å². The smallest absolute Gasteiger partial charge is 0.158 e. The third-order valence-electron chi connectivity index (χ3n) is 2.74. The predicted molar refractivity (Wildman–Crippen MR) is 79.0 cm³/mol. The van der Waals surface area contributed by atoms with Crippen molar-refractivity contribution in [1.29, 1.82) is 0 Å². The van der Waals surface area contributed by atoms with E-state index in [2.05, 4.69) is 0 Å². The Balaban J connectivity index is 2.15. The van der Waals surface area contributed by atoms with Crippen LogP contribution in [-0.4, -0.2) is 8.42 Å². The second kappa shape index (κ2) is 5.76. The first-order valence-corrected chi connectivity index (χ1v) is 8.15. The van der Waals surface area contributed by atoms with Crippen molar-refractivity contribution in [1.82, 2.24) is 0 Å². The number of benzene rings is 2. The lowest BCUT2D eigenvalue weighted by molar-refractivity contribution is 0.594. The molecule has 0 amide bonds. The molecule has 0 unspecified atom stereocenters. The average molecular weight is 295 g/mol. The van der Waals surface area contributed by atoms with Crippen molar-refractivity contribution in [2.45, 2.75) is 18.4 Å². The van der Waals surface area contributed by atoms with Crippen LogP contribution in [0.4, 0.5) is 0 Å². The van der Waals surface area contributed by atoms with Crippen molar-refractivity contribution in [3.8, 4) is 0 Å². The molecule has 0 N–H and O–H groups in total. The number of hydrogen-bond acceptors (Lipinski definition) is 2. The summed E-state index contributed by atoms with van der Waals surface area (Å²) in [4.78, 5) is 0. The van der Waals surface area contributed by atoms with Crippen LogP contribution in [0.3, 0.4) is 0 Å². The summed E-state index contributed by atoms with van der Waals surface area (Å²) in [6.45, 7) is 1.95. The highest BCUT2D eigenvalue weighted by molar-refractivity contribution is 7.89. The van der Waals surface area contributed by atoms with Crippen molar-refractivity contribution in [2.75, 3.05) is 0 Å². The highest BCUT2D eigenvalue weighted by Gasteiger charge is 2.13. The predicted octanol–water partition coefficient (Wildman–Crippen LogP) is 3.76. The Labute approximate surface area is 119 Å². The highest BCUT2D eigenvalue weighted by atomic mass is 35.5. The second-order valence-electron chi connectivity index (χ2n) is 4.65. The lowest BCUT2D eigenvalue weighted by atomic mass is 10.2. The standard InChI is InChI=1S/C15H15ClO2S/c1-12-4-2-5-13(8-12)10-19(17,18)11-14-6-3-7-15(16)9-14/h2-9H,10-11H2,1H3. The van der Waals surface area contributed by atoms with Crippen LogP contribution in [0.2, 0.25) is 5.02 Å². The Morgan fingerprint density at radius 2 is 1.53 bits per heavy atom. The SMILES string of the molecule is Cc1cccc(CS(=O)(=O)Cc2cccc(Cl)c2)c1. The molecule has 19 heavy (non-hydrogen) atoms. The van der Waals surface area contributed by atoms with Gasteiger partial charge in [0.25, 0.3) is 0 Å². The van der Waals surface area contributed by atoms with Gasteiger partial charge in [0.2, 0.25) is 0 Å². The van der Waals surface area contributed by atoms with Gasteiger partial charge in [0.15, 0.2) is 9.84 Å². The summed E-state index contributed by atoms with van der Waals surface area (Å²) in [5.41, 5.74) is 2.61. The van der Waals surface area contributed by atoms with Crippen LogP contribution in [0.25, 0.3) is 0 Å². The van der Waals surface area contributed by atoms with Gasteiger partial charge in [-0.15, -0.1) is 0 Å². The fourth-order valence-corrected chi connectivity index (χ4v) is 3.68. The Hall–Kier alpha value is -1.32. The monoisotopic (exact) mass is 294 g/mol. The van der Waals surface area contributed by atoms with E-state index in [1.807, 2.05) is 31.2 Å². The fourth-order valence-electron chi connectivity index (χ4n) is 1.99. The van der Waals surface area contributed by atoms with E-state index >= 15 is 0 Å². The molecule has 0 aliphatic heterocycles. The van der Waals surface area contributed by atoms with Gasteiger partial charge in [0, 0.05) is 5.02 Å². The van der Waals surface area contributed by atoms with E-state index in [0.29, 0.717) is 5.02 Å². The maximum atomic E-state index is 12.1. The summed E-state index contributed by atoms with van der Waals surface area (Å²) in [7, 11) is -3.18. The van der Waals surface area contributed by atoms with E-state index in [0.717, 1.165) is 16.7 Å². The highest BCUT2D eigenvalue weighted by Crippen LogP contribution is 2.16. The molecule has 0 radical (unpaired) electrons. The molecule has 2 nitrogen and oxygen atoms in total. The van der Waals surface area contributed by atoms with Gasteiger partial charge < -0.3 is 0 Å². The molecule has 0 aliphatic rings. The Bertz CT molecular complexity index is 625. The average Bonchev–Trinajstić information content (AvgIpc) is 2.27. The van der Waals surface area contributed by atoms with Crippen LogP contribution in [0.5, 0.6) is 0 Å². The number of halogens is 1. The minimum absolute atomic E-state index is 0.0154. The van der Waals surface area contributed by atoms with Crippen molar-refractivity contribution in [2.24, 2.45) is 0 Å². The first-order chi connectivity index (χ1) is 8.94. The Morgan fingerprint density at radius 1 is 0.947 bits per heavy atom. The van der Waals surface area contributed by atoms with E-state index in [1.165, 1.54) is 0 Å². The van der Waals surface area contributed by atoms with Crippen LogP contribution in [0.15, 0.2) is 48.5 Å². The van der Waals surface area contributed by atoms with Crippen molar-refractivity contribution < 1.29 is 8.42 Å². The zero-order valence-electron chi connectivity index (χ0n) is 10.6. The van der Waals surface area contributed by atoms with Crippen molar-refractivity contribution >= 4 is 21.4 Å². The first-order valence-electron chi connectivity index (χ1n) is 5.95. The number of hydrogen-bond donors (Lipinski definition) is 0. The normalized spacial score (nSPS) is 11.5. The van der Waals surface area contributed by atoms with E-state index in [-0.39, 0.29) is 11.5 Å². The van der Waals surface area contributed by atoms with E-state index in [9.17, 15) is 8.42 Å². The third-order valence-corrected chi connectivity index (χ3v) is 4.53. The topological polar surface area (TPSA) is 34.1 Å². The van der Waals surface area contributed by atoms with Crippen LogP contribution in [-0.2, 0) is 21.3 Å². The summed E-state index contributed by atoms with van der Waals surface area (Å²) in [6.07, 6.45) is 0. The minimum atomic E-state index is -3.18. The molecule has 4 heteroatoms. The maximum Gasteiger partial charge on any atom is 0.158 e. The van der Waals surface area contributed by atoms with Gasteiger partial charge in [-0.05, 0) is 30.2 Å². The van der Waals surface area contributed by atoms with Crippen LogP contribution < -0.4 is 0 Å². The van der Waals surface area contributed by atoms with E-state index < -0.39 is 9.84 Å². The molecule has 0 heterocycles. The number of aryl methyl sites for hydroxylation is 1. The maximum absolute atomic E-state index is 12.1. The van der Waals surface area contributed by atoms with Gasteiger partial charge in [0.05, 0.1) is 11.5 Å². The molecule has 2 rings (SSSR count). The summed E-state index contributed by atoms with van der Waals surface area (Å²) in [6, 6.07) is 14.5. The van der Waals surface area contributed by atoms with E-state index in [4.69, 9.17) is 11.6 Å². The quantitative estimate of drug-likeness (QED) is 0.860. The molecule has 0 saturated carbocycles. The summed E-state index contributed by atoms with van der Waals surface area (Å²) in [5, 5.41) is 0.559. The number of rotatable bonds is 4. The van der Waals surface area contributed by atoms with Gasteiger partial charge in [-0.3, -0.25) is 0 Å². The summed E-state index contributed by atoms with van der Waals surface area (Å²) < 4.78 is 24.3. The zero-order valence-corrected chi connectivity index (χ0v) is 12.2. The van der Waals surface area contributed by atoms with Gasteiger partial charge >= 0.3 is 0 Å². The van der Waals surface area contributed by atoms with Crippen LogP contribution in [0, 0.1) is 6.92 Å². The molecule has 2 aromatic carbocycles. The number of sulfone groups is 1. The van der Waals surface area contributed by atoms with Gasteiger partial charge in [0.1, 0.15) is 0 Å². The molecular formula is C15H15ClO2S. The fraction of sp³-hybridized carbons (Fsp3) is 0.200. The van der Waals surface area contributed by atoms with Crippen LogP contribution in [0.1, 0.15) is 16.7 Å². The Kier molecular flexibility index (Phi) is 4.27. The van der Waals surface area contributed by atoms with Crippen LogP contribution >= 0.6 is 11.6 Å². The summed E-state index contributed by atoms with van der Waals surface area (Å²) >= 11 is 5.86. The van der Waals surface area contributed by atoms with Gasteiger partial charge in [-0.1, -0.05) is 53.6 Å². The lowest BCUT2D eigenvalue weighted by Crippen LogP contribution is -2.07. The largest absolute Gasteiger partial charge is 0.228 e. The molecule has 0 spiro atoms. The molecule has 0 saturated heterocycles. The summed E-state index contributed by atoms with van der Waals surface area (Å²) in [5.74, 6) is 0.0721. The minimum Gasteiger partial charge on any atom is -0.228 e. The van der Waals surface area contributed by atoms with Crippen molar-refractivity contribution in [3.05, 3.63) is 70.2 Å². The second-order valence-corrected chi connectivity index (χ2v) is 7.15. The third kappa shape index (κ3) is 4.37. The molecule has 0 bridgehead atoms. The molecule has 100 valence electrons. The first kappa shape index (κ1) is 14.1. The molecule has 0 aromatic heterocycles. The lowest BCUT2D eigenvalue weighted by Gasteiger charge is -2.06. The molecule has 2 aromatic rings.